The van der Waals surface area contributed by atoms with Crippen LogP contribution in [0, 0.1) is 5.92 Å². The van der Waals surface area contributed by atoms with Crippen LogP contribution >= 0.6 is 0 Å². The molecule has 0 unspecified atom stereocenters. The minimum Gasteiger partial charge on any atom is -0.477 e. The number of hydrogen-bond donors (Lipinski definition) is 1. The number of amides is 2. The quantitative estimate of drug-likeness (QED) is 0.883. The third-order valence-electron chi connectivity index (χ3n) is 3.86. The predicted octanol–water partition coefficient (Wildman–Crippen LogP) is 1.21. The standard InChI is InChI=1S/C15H21N3O3/c1-11(19)18-8-4-12(5-9-18)6-10-21-15-13(14(16)20)3-2-7-17-15/h2-3,7,12H,4-6,8-10H2,1H3,(H2,16,20). The topological polar surface area (TPSA) is 85.5 Å². The number of aromatic nitrogens is 1. The maximum absolute atomic E-state index is 11.3. The van der Waals surface area contributed by atoms with E-state index in [1.807, 2.05) is 4.90 Å². The van der Waals surface area contributed by atoms with E-state index in [-0.39, 0.29) is 5.91 Å². The van der Waals surface area contributed by atoms with Crippen LogP contribution in [-0.4, -0.2) is 41.4 Å². The van der Waals surface area contributed by atoms with Crippen molar-refractivity contribution in [3.8, 4) is 5.88 Å². The van der Waals surface area contributed by atoms with E-state index >= 15 is 0 Å². The second kappa shape index (κ2) is 7.06. The number of carbonyl (C=O) groups is 2. The smallest absolute Gasteiger partial charge is 0.254 e. The van der Waals surface area contributed by atoms with Gasteiger partial charge in [0.25, 0.3) is 5.91 Å². The Morgan fingerprint density at radius 1 is 1.43 bits per heavy atom. The molecule has 1 aromatic rings. The van der Waals surface area contributed by atoms with E-state index in [0.717, 1.165) is 32.4 Å². The number of primary amides is 1. The fourth-order valence-corrected chi connectivity index (χ4v) is 2.55. The molecule has 0 radical (unpaired) electrons. The summed E-state index contributed by atoms with van der Waals surface area (Å²) >= 11 is 0. The minimum atomic E-state index is -0.534. The summed E-state index contributed by atoms with van der Waals surface area (Å²) in [6.07, 6.45) is 4.45. The largest absolute Gasteiger partial charge is 0.477 e. The van der Waals surface area contributed by atoms with Crippen molar-refractivity contribution in [3.63, 3.8) is 0 Å². The van der Waals surface area contributed by atoms with Crippen molar-refractivity contribution in [3.05, 3.63) is 23.9 Å². The first-order valence-corrected chi connectivity index (χ1v) is 7.21. The van der Waals surface area contributed by atoms with Crippen LogP contribution in [0.15, 0.2) is 18.3 Å². The summed E-state index contributed by atoms with van der Waals surface area (Å²) in [5.74, 6) is 0.449. The number of pyridine rings is 1. The predicted molar refractivity (Wildman–Crippen MR) is 77.8 cm³/mol. The van der Waals surface area contributed by atoms with Crippen molar-refractivity contribution in [2.45, 2.75) is 26.2 Å². The van der Waals surface area contributed by atoms with Crippen molar-refractivity contribution >= 4 is 11.8 Å². The lowest BCUT2D eigenvalue weighted by molar-refractivity contribution is -0.130. The minimum absolute atomic E-state index is 0.143. The molecule has 1 aromatic heterocycles. The normalized spacial score (nSPS) is 15.8. The fraction of sp³-hybridized carbons (Fsp3) is 0.533. The molecule has 0 spiro atoms. The zero-order chi connectivity index (χ0) is 15.2. The summed E-state index contributed by atoms with van der Waals surface area (Å²) in [5.41, 5.74) is 5.59. The summed E-state index contributed by atoms with van der Waals surface area (Å²) < 4.78 is 5.58. The molecule has 2 heterocycles. The van der Waals surface area contributed by atoms with Crippen molar-refractivity contribution < 1.29 is 14.3 Å². The molecule has 1 fully saturated rings. The van der Waals surface area contributed by atoms with Crippen LogP contribution in [0.5, 0.6) is 5.88 Å². The highest BCUT2D eigenvalue weighted by atomic mass is 16.5. The summed E-state index contributed by atoms with van der Waals surface area (Å²) in [7, 11) is 0. The Bertz CT molecular complexity index is 511. The highest BCUT2D eigenvalue weighted by molar-refractivity contribution is 5.94. The summed E-state index contributed by atoms with van der Waals surface area (Å²) in [6, 6.07) is 3.26. The van der Waals surface area contributed by atoms with Crippen LogP contribution in [0.1, 0.15) is 36.5 Å². The number of piperidine rings is 1. The molecule has 21 heavy (non-hydrogen) atoms. The van der Waals surface area contributed by atoms with E-state index < -0.39 is 5.91 Å². The van der Waals surface area contributed by atoms with E-state index in [0.29, 0.717) is 24.0 Å². The molecule has 2 rings (SSSR count). The van der Waals surface area contributed by atoms with Crippen molar-refractivity contribution in [1.82, 2.24) is 9.88 Å². The van der Waals surface area contributed by atoms with E-state index in [4.69, 9.17) is 10.5 Å². The second-order valence-corrected chi connectivity index (χ2v) is 5.31. The average Bonchev–Trinajstić information content (AvgIpc) is 2.48. The summed E-state index contributed by atoms with van der Waals surface area (Å²) in [5, 5.41) is 0. The van der Waals surface area contributed by atoms with Crippen LogP contribution in [0.25, 0.3) is 0 Å². The maximum Gasteiger partial charge on any atom is 0.254 e. The van der Waals surface area contributed by atoms with Gasteiger partial charge in [0.1, 0.15) is 5.56 Å². The van der Waals surface area contributed by atoms with Gasteiger partial charge >= 0.3 is 0 Å². The number of nitrogens with two attached hydrogens (primary N) is 1. The number of likely N-dealkylation sites (tertiary alicyclic amines) is 1. The first kappa shape index (κ1) is 15.3. The van der Waals surface area contributed by atoms with E-state index in [2.05, 4.69) is 4.98 Å². The molecule has 2 amide bonds. The van der Waals surface area contributed by atoms with Gasteiger partial charge in [-0.3, -0.25) is 9.59 Å². The van der Waals surface area contributed by atoms with Crippen molar-refractivity contribution in [1.29, 1.82) is 0 Å². The van der Waals surface area contributed by atoms with E-state index in [1.54, 1.807) is 25.3 Å². The van der Waals surface area contributed by atoms with Gasteiger partial charge in [-0.1, -0.05) is 0 Å². The van der Waals surface area contributed by atoms with Gasteiger partial charge < -0.3 is 15.4 Å². The van der Waals surface area contributed by atoms with E-state index in [9.17, 15) is 9.59 Å². The van der Waals surface area contributed by atoms with Crippen LogP contribution in [0.2, 0.25) is 0 Å². The molecule has 0 saturated carbocycles. The lowest BCUT2D eigenvalue weighted by Gasteiger charge is -2.31. The van der Waals surface area contributed by atoms with Gasteiger partial charge in [-0.05, 0) is 37.3 Å². The Labute approximate surface area is 124 Å². The Balaban J connectivity index is 1.78. The molecular weight excluding hydrogens is 270 g/mol. The number of carbonyl (C=O) groups excluding carboxylic acids is 2. The summed E-state index contributed by atoms with van der Waals surface area (Å²) in [4.78, 5) is 28.4. The Hall–Kier alpha value is -2.11. The highest BCUT2D eigenvalue weighted by Gasteiger charge is 2.20. The molecule has 0 bridgehead atoms. The van der Waals surface area contributed by atoms with Crippen LogP contribution in [-0.2, 0) is 4.79 Å². The molecule has 0 aliphatic carbocycles. The Kier molecular flexibility index (Phi) is 5.14. The van der Waals surface area contributed by atoms with Crippen LogP contribution in [0.3, 0.4) is 0 Å². The fourth-order valence-electron chi connectivity index (χ4n) is 2.55. The monoisotopic (exact) mass is 291 g/mol. The zero-order valence-electron chi connectivity index (χ0n) is 12.2. The lowest BCUT2D eigenvalue weighted by atomic mass is 9.94. The van der Waals surface area contributed by atoms with Crippen molar-refractivity contribution in [2.75, 3.05) is 19.7 Å². The first-order chi connectivity index (χ1) is 10.1. The zero-order valence-corrected chi connectivity index (χ0v) is 12.2. The average molecular weight is 291 g/mol. The highest BCUT2D eigenvalue weighted by Crippen LogP contribution is 2.21. The molecule has 0 atom stereocenters. The lowest BCUT2D eigenvalue weighted by Crippen LogP contribution is -2.37. The molecule has 1 aliphatic heterocycles. The third kappa shape index (κ3) is 4.18. The molecule has 2 N–H and O–H groups in total. The van der Waals surface area contributed by atoms with Gasteiger partial charge in [-0.15, -0.1) is 0 Å². The molecule has 6 nitrogen and oxygen atoms in total. The van der Waals surface area contributed by atoms with Gasteiger partial charge in [-0.2, -0.15) is 0 Å². The van der Waals surface area contributed by atoms with Crippen LogP contribution in [0.4, 0.5) is 0 Å². The molecule has 114 valence electrons. The van der Waals surface area contributed by atoms with Gasteiger partial charge in [0.2, 0.25) is 11.8 Å². The molecule has 6 heteroatoms. The Morgan fingerprint density at radius 2 is 2.14 bits per heavy atom. The number of ether oxygens (including phenoxy) is 1. The van der Waals surface area contributed by atoms with Gasteiger partial charge in [0.05, 0.1) is 6.61 Å². The third-order valence-corrected chi connectivity index (χ3v) is 3.86. The number of hydrogen-bond acceptors (Lipinski definition) is 4. The molecular formula is C15H21N3O3. The number of rotatable bonds is 5. The summed E-state index contributed by atoms with van der Waals surface area (Å²) in [6.45, 7) is 3.74. The molecule has 0 aromatic carbocycles. The van der Waals surface area contributed by atoms with E-state index in [1.165, 1.54) is 0 Å². The SMILES string of the molecule is CC(=O)N1CCC(CCOc2ncccc2C(N)=O)CC1. The molecule has 1 aliphatic rings. The van der Waals surface area contributed by atoms with Gasteiger partial charge in [-0.25, -0.2) is 4.98 Å². The van der Waals surface area contributed by atoms with Gasteiger partial charge in [0, 0.05) is 26.2 Å². The first-order valence-electron chi connectivity index (χ1n) is 7.21. The Morgan fingerprint density at radius 3 is 2.76 bits per heavy atom. The second-order valence-electron chi connectivity index (χ2n) is 5.31. The van der Waals surface area contributed by atoms with Crippen LogP contribution < -0.4 is 10.5 Å². The van der Waals surface area contributed by atoms with Gasteiger partial charge in [0.15, 0.2) is 0 Å². The molecule has 1 saturated heterocycles. The number of nitrogens with zero attached hydrogens (tertiary/aromatic N) is 2. The maximum atomic E-state index is 11.3. The van der Waals surface area contributed by atoms with Crippen molar-refractivity contribution in [2.24, 2.45) is 11.7 Å².